The summed E-state index contributed by atoms with van der Waals surface area (Å²) >= 11 is 3.33. The Morgan fingerprint density at radius 3 is 2.65 bits per heavy atom. The second-order valence-corrected chi connectivity index (χ2v) is 8.00. The Labute approximate surface area is 129 Å². The quantitative estimate of drug-likeness (QED) is 0.866. The highest BCUT2D eigenvalue weighted by atomic mass is 79.9. The van der Waals surface area contributed by atoms with E-state index in [1.807, 2.05) is 0 Å². The zero-order valence-corrected chi connectivity index (χ0v) is 14.0. The van der Waals surface area contributed by atoms with E-state index < -0.39 is 10.0 Å². The van der Waals surface area contributed by atoms with Crippen LogP contribution in [0.5, 0.6) is 0 Å². The maximum absolute atomic E-state index is 12.5. The molecule has 2 atom stereocenters. The standard InChI is InChI=1S/C14H21BrN2O2S/c1-10-4-2-3-5-13(10)17-20(18,19)14-7-6-11(9-16)8-12(14)15/h6-8,10,13,17H,2-5,9,16H2,1H3. The van der Waals surface area contributed by atoms with Crippen molar-refractivity contribution in [3.8, 4) is 0 Å². The van der Waals surface area contributed by atoms with Crippen LogP contribution in [0.4, 0.5) is 0 Å². The van der Waals surface area contributed by atoms with Gasteiger partial charge >= 0.3 is 0 Å². The van der Waals surface area contributed by atoms with E-state index in [0.717, 1.165) is 24.8 Å². The van der Waals surface area contributed by atoms with E-state index in [9.17, 15) is 8.42 Å². The number of hydrogen-bond donors (Lipinski definition) is 2. The van der Waals surface area contributed by atoms with Gasteiger partial charge in [0.1, 0.15) is 0 Å². The summed E-state index contributed by atoms with van der Waals surface area (Å²) in [6.45, 7) is 2.50. The van der Waals surface area contributed by atoms with E-state index in [2.05, 4.69) is 27.6 Å². The minimum Gasteiger partial charge on any atom is -0.326 e. The van der Waals surface area contributed by atoms with Crippen LogP contribution in [-0.4, -0.2) is 14.5 Å². The molecule has 3 N–H and O–H groups in total. The molecule has 1 aromatic carbocycles. The summed E-state index contributed by atoms with van der Waals surface area (Å²) in [6.07, 6.45) is 4.28. The molecule has 0 saturated heterocycles. The predicted octanol–water partition coefficient (Wildman–Crippen LogP) is 2.76. The average molecular weight is 361 g/mol. The molecule has 1 aromatic rings. The fourth-order valence-corrected chi connectivity index (χ4v) is 5.15. The molecule has 1 aliphatic carbocycles. The second kappa shape index (κ2) is 6.56. The van der Waals surface area contributed by atoms with E-state index >= 15 is 0 Å². The molecule has 6 heteroatoms. The minimum atomic E-state index is -3.49. The zero-order chi connectivity index (χ0) is 14.8. The molecule has 1 saturated carbocycles. The summed E-state index contributed by atoms with van der Waals surface area (Å²) in [7, 11) is -3.49. The van der Waals surface area contributed by atoms with Gasteiger partial charge in [0, 0.05) is 17.1 Å². The van der Waals surface area contributed by atoms with Crippen LogP contribution in [0.25, 0.3) is 0 Å². The summed E-state index contributed by atoms with van der Waals surface area (Å²) < 4.78 is 28.4. The Balaban J connectivity index is 2.21. The zero-order valence-electron chi connectivity index (χ0n) is 11.6. The summed E-state index contributed by atoms with van der Waals surface area (Å²) in [5, 5.41) is 0. The number of rotatable bonds is 4. The van der Waals surface area contributed by atoms with E-state index in [4.69, 9.17) is 5.73 Å². The van der Waals surface area contributed by atoms with Crippen LogP contribution in [-0.2, 0) is 16.6 Å². The SMILES string of the molecule is CC1CCCCC1NS(=O)(=O)c1ccc(CN)cc1Br. The smallest absolute Gasteiger partial charge is 0.241 e. The molecule has 0 aromatic heterocycles. The molecule has 0 heterocycles. The number of sulfonamides is 1. The third-order valence-electron chi connectivity index (χ3n) is 3.94. The molecule has 0 amide bonds. The molecule has 1 fully saturated rings. The lowest BCUT2D eigenvalue weighted by molar-refractivity contribution is 0.310. The van der Waals surface area contributed by atoms with Gasteiger partial charge in [0.15, 0.2) is 0 Å². The number of halogens is 1. The molecule has 4 nitrogen and oxygen atoms in total. The summed E-state index contributed by atoms with van der Waals surface area (Å²) in [5.74, 6) is 0.389. The van der Waals surface area contributed by atoms with Crippen molar-refractivity contribution in [1.29, 1.82) is 0 Å². The fraction of sp³-hybridized carbons (Fsp3) is 0.571. The first kappa shape index (κ1) is 15.9. The Hall–Kier alpha value is -0.430. The van der Waals surface area contributed by atoms with Crippen molar-refractivity contribution in [3.63, 3.8) is 0 Å². The number of nitrogens with two attached hydrogens (primary N) is 1. The number of hydrogen-bond acceptors (Lipinski definition) is 3. The lowest BCUT2D eigenvalue weighted by atomic mass is 9.87. The molecular formula is C14H21BrN2O2S. The third-order valence-corrected chi connectivity index (χ3v) is 6.41. The van der Waals surface area contributed by atoms with Gasteiger partial charge in [0.25, 0.3) is 0 Å². The first-order chi connectivity index (χ1) is 9.44. The van der Waals surface area contributed by atoms with Gasteiger partial charge in [-0.3, -0.25) is 0 Å². The van der Waals surface area contributed by atoms with Crippen LogP contribution < -0.4 is 10.5 Å². The highest BCUT2D eigenvalue weighted by Gasteiger charge is 2.27. The minimum absolute atomic E-state index is 0.0369. The van der Waals surface area contributed by atoms with Crippen LogP contribution in [0, 0.1) is 5.92 Å². The molecule has 2 rings (SSSR count). The molecule has 20 heavy (non-hydrogen) atoms. The van der Waals surface area contributed by atoms with Gasteiger partial charge in [-0.25, -0.2) is 13.1 Å². The van der Waals surface area contributed by atoms with Crippen molar-refractivity contribution in [2.75, 3.05) is 0 Å². The van der Waals surface area contributed by atoms with Crippen LogP contribution in [0.1, 0.15) is 38.2 Å². The first-order valence-corrected chi connectivity index (χ1v) is 9.22. The van der Waals surface area contributed by atoms with Gasteiger partial charge in [-0.2, -0.15) is 0 Å². The van der Waals surface area contributed by atoms with Gasteiger partial charge in [-0.15, -0.1) is 0 Å². The van der Waals surface area contributed by atoms with E-state index in [1.165, 1.54) is 6.42 Å². The van der Waals surface area contributed by atoms with Crippen LogP contribution in [0.15, 0.2) is 27.6 Å². The van der Waals surface area contributed by atoms with Gasteiger partial charge in [0.05, 0.1) is 4.90 Å². The first-order valence-electron chi connectivity index (χ1n) is 6.95. The van der Waals surface area contributed by atoms with Crippen molar-refractivity contribution in [2.45, 2.75) is 50.1 Å². The van der Waals surface area contributed by atoms with E-state index in [1.54, 1.807) is 18.2 Å². The van der Waals surface area contributed by atoms with E-state index in [-0.39, 0.29) is 10.9 Å². The lowest BCUT2D eigenvalue weighted by Crippen LogP contribution is -2.41. The second-order valence-electron chi connectivity index (χ2n) is 5.46. The average Bonchev–Trinajstić information content (AvgIpc) is 2.40. The van der Waals surface area contributed by atoms with Gasteiger partial charge in [-0.05, 0) is 52.4 Å². The predicted molar refractivity (Wildman–Crippen MR) is 83.8 cm³/mol. The largest absolute Gasteiger partial charge is 0.326 e. The highest BCUT2D eigenvalue weighted by molar-refractivity contribution is 9.10. The monoisotopic (exact) mass is 360 g/mol. The molecule has 0 radical (unpaired) electrons. The van der Waals surface area contributed by atoms with Crippen LogP contribution >= 0.6 is 15.9 Å². The van der Waals surface area contributed by atoms with Gasteiger partial charge in [-0.1, -0.05) is 25.8 Å². The maximum atomic E-state index is 12.5. The summed E-state index contributed by atoms with van der Waals surface area (Å²) in [5.41, 5.74) is 6.46. The van der Waals surface area contributed by atoms with Crippen molar-refractivity contribution in [1.82, 2.24) is 4.72 Å². The molecular weight excluding hydrogens is 340 g/mol. The number of nitrogens with one attached hydrogen (secondary N) is 1. The van der Waals surface area contributed by atoms with Crippen LogP contribution in [0.2, 0.25) is 0 Å². The van der Waals surface area contributed by atoms with Crippen molar-refractivity contribution < 1.29 is 8.42 Å². The molecule has 1 aliphatic rings. The molecule has 112 valence electrons. The fourth-order valence-electron chi connectivity index (χ4n) is 2.64. The number of benzene rings is 1. The Morgan fingerprint density at radius 2 is 2.05 bits per heavy atom. The van der Waals surface area contributed by atoms with Gasteiger partial charge in [0.2, 0.25) is 10.0 Å². The molecule has 0 spiro atoms. The normalized spacial score (nSPS) is 23.8. The Bertz CT molecular complexity index is 575. The van der Waals surface area contributed by atoms with Crippen molar-refractivity contribution >= 4 is 26.0 Å². The molecule has 2 unspecified atom stereocenters. The highest BCUT2D eigenvalue weighted by Crippen LogP contribution is 2.28. The van der Waals surface area contributed by atoms with Crippen molar-refractivity contribution in [2.24, 2.45) is 11.7 Å². The molecule has 0 aliphatic heterocycles. The Kier molecular flexibility index (Phi) is 5.23. The third kappa shape index (κ3) is 3.61. The maximum Gasteiger partial charge on any atom is 0.241 e. The van der Waals surface area contributed by atoms with Crippen LogP contribution in [0.3, 0.4) is 0 Å². The summed E-state index contributed by atoms with van der Waals surface area (Å²) in [6, 6.07) is 5.17. The van der Waals surface area contributed by atoms with Crippen molar-refractivity contribution in [3.05, 3.63) is 28.2 Å². The summed E-state index contributed by atoms with van der Waals surface area (Å²) in [4.78, 5) is 0.285. The van der Waals surface area contributed by atoms with Gasteiger partial charge < -0.3 is 5.73 Å². The topological polar surface area (TPSA) is 72.2 Å². The lowest BCUT2D eigenvalue weighted by Gasteiger charge is -2.29. The molecule has 0 bridgehead atoms. The Morgan fingerprint density at radius 1 is 1.35 bits per heavy atom. The van der Waals surface area contributed by atoms with E-state index in [0.29, 0.717) is 16.9 Å².